The summed E-state index contributed by atoms with van der Waals surface area (Å²) < 4.78 is 6.10. The Morgan fingerprint density at radius 1 is 1.35 bits per heavy atom. The van der Waals surface area contributed by atoms with Gasteiger partial charge in [-0.15, -0.1) is 0 Å². The lowest BCUT2D eigenvalue weighted by Crippen LogP contribution is -2.43. The molecule has 0 amide bonds. The number of hydrogen-bond donors (Lipinski definition) is 1. The van der Waals surface area contributed by atoms with Gasteiger partial charge in [0, 0.05) is 10.9 Å². The Labute approximate surface area is 125 Å². The van der Waals surface area contributed by atoms with Crippen molar-refractivity contribution in [3.63, 3.8) is 0 Å². The Kier molecular flexibility index (Phi) is 3.01. The summed E-state index contributed by atoms with van der Waals surface area (Å²) >= 11 is 3.60. The van der Waals surface area contributed by atoms with E-state index in [0.29, 0.717) is 29.6 Å². The molecule has 2 aromatic rings. The van der Waals surface area contributed by atoms with Gasteiger partial charge in [0.1, 0.15) is 17.1 Å². The van der Waals surface area contributed by atoms with E-state index in [4.69, 9.17) is 4.74 Å². The average Bonchev–Trinajstić information content (AvgIpc) is 2.42. The Hall–Kier alpha value is -1.55. The highest BCUT2D eigenvalue weighted by Crippen LogP contribution is 2.46. The number of phenols is 1. The summed E-state index contributed by atoms with van der Waals surface area (Å²) in [6.07, 6.45) is 1.33. The lowest BCUT2D eigenvalue weighted by molar-refractivity contribution is 0.0947. The first kappa shape index (κ1) is 13.4. The molecule has 2 aromatic carbocycles. The molecule has 104 valence electrons. The molecule has 3 nitrogen and oxygen atoms in total. The molecule has 0 bridgehead atoms. The molecule has 0 radical (unpaired) electrons. The van der Waals surface area contributed by atoms with E-state index in [9.17, 15) is 9.90 Å². The first-order valence-electron chi connectivity index (χ1n) is 6.50. The van der Waals surface area contributed by atoms with E-state index in [-0.39, 0.29) is 16.2 Å². The first-order chi connectivity index (χ1) is 9.45. The molecular formula is C16H15BrO3. The first-order valence-corrected chi connectivity index (χ1v) is 7.42. The zero-order valence-corrected chi connectivity index (χ0v) is 12.9. The predicted molar refractivity (Wildman–Crippen MR) is 82.1 cm³/mol. The Bertz CT molecular complexity index is 706. The third kappa shape index (κ3) is 1.82. The number of carbonyl (C=O) groups excluding carboxylic acids is 1. The van der Waals surface area contributed by atoms with Gasteiger partial charge in [-0.25, -0.2) is 0 Å². The number of aromatic hydroxyl groups is 1. The zero-order chi connectivity index (χ0) is 14.5. The normalized spacial score (nSPS) is 20.2. The highest BCUT2D eigenvalue weighted by Gasteiger charge is 2.38. The van der Waals surface area contributed by atoms with Gasteiger partial charge in [-0.1, -0.05) is 40.2 Å². The number of halogens is 1. The summed E-state index contributed by atoms with van der Waals surface area (Å²) in [5, 5.41) is 12.0. The third-order valence-corrected chi connectivity index (χ3v) is 5.32. The quantitative estimate of drug-likeness (QED) is 0.636. The number of carbonyl (C=O) groups is 1. The van der Waals surface area contributed by atoms with E-state index >= 15 is 0 Å². The second kappa shape index (κ2) is 4.48. The predicted octanol–water partition coefficient (Wildman–Crippen LogP) is 3.83. The van der Waals surface area contributed by atoms with Crippen LogP contribution in [0.5, 0.6) is 11.5 Å². The van der Waals surface area contributed by atoms with Crippen LogP contribution in [0.15, 0.2) is 24.3 Å². The number of hydrogen-bond acceptors (Lipinski definition) is 3. The summed E-state index contributed by atoms with van der Waals surface area (Å²) in [6, 6.07) is 7.51. The largest absolute Gasteiger partial charge is 0.507 e. The summed E-state index contributed by atoms with van der Waals surface area (Å²) in [5.41, 5.74) is 0.666. The molecule has 1 aliphatic rings. The summed E-state index contributed by atoms with van der Waals surface area (Å²) in [4.78, 5) is 11.4. The van der Waals surface area contributed by atoms with Gasteiger partial charge in [0.25, 0.3) is 0 Å². The molecule has 1 unspecified atom stereocenters. The maximum atomic E-state index is 11.3. The second-order valence-corrected chi connectivity index (χ2v) is 6.72. The van der Waals surface area contributed by atoms with Crippen LogP contribution in [0.25, 0.3) is 10.8 Å². The molecule has 1 atom stereocenters. The summed E-state index contributed by atoms with van der Waals surface area (Å²) in [5.74, 6) is 0.720. The lowest BCUT2D eigenvalue weighted by Gasteiger charge is -2.38. The minimum Gasteiger partial charge on any atom is -0.507 e. The molecular weight excluding hydrogens is 320 g/mol. The third-order valence-electron chi connectivity index (χ3n) is 3.90. The number of ether oxygens (including phenoxy) is 1. The van der Waals surface area contributed by atoms with Crippen LogP contribution in [0.4, 0.5) is 0 Å². The number of phenolic OH excluding ortho intramolecular Hbond substituents is 1. The smallest absolute Gasteiger partial charge is 0.154 e. The van der Waals surface area contributed by atoms with Gasteiger partial charge in [0.2, 0.25) is 0 Å². The number of rotatable bonds is 1. The van der Waals surface area contributed by atoms with Gasteiger partial charge in [0.05, 0.1) is 10.4 Å². The highest BCUT2D eigenvalue weighted by atomic mass is 79.9. The molecule has 20 heavy (non-hydrogen) atoms. The van der Waals surface area contributed by atoms with Crippen molar-refractivity contribution in [2.24, 2.45) is 0 Å². The van der Waals surface area contributed by atoms with Crippen LogP contribution in [0.1, 0.15) is 29.8 Å². The van der Waals surface area contributed by atoms with Crippen LogP contribution >= 0.6 is 15.9 Å². The number of benzene rings is 2. The molecule has 1 N–H and O–H groups in total. The van der Waals surface area contributed by atoms with Gasteiger partial charge in [-0.3, -0.25) is 4.79 Å². The van der Waals surface area contributed by atoms with E-state index in [2.05, 4.69) is 15.9 Å². The standard InChI is InChI=1S/C16H15BrO3/c1-16(2)13(17)7-11-14(19)12(8-18)9-5-3-4-6-10(9)15(11)20-16/h3-6,8,13,19H,7H2,1-2H3. The van der Waals surface area contributed by atoms with Crippen LogP contribution in [0.3, 0.4) is 0 Å². The Balaban J connectivity index is 2.39. The average molecular weight is 335 g/mol. The lowest BCUT2D eigenvalue weighted by atomic mass is 9.89. The van der Waals surface area contributed by atoms with Crippen LogP contribution < -0.4 is 4.74 Å². The van der Waals surface area contributed by atoms with Gasteiger partial charge in [-0.2, -0.15) is 0 Å². The van der Waals surface area contributed by atoms with Crippen LogP contribution in [-0.2, 0) is 6.42 Å². The molecule has 0 saturated carbocycles. The van der Waals surface area contributed by atoms with Gasteiger partial charge in [-0.05, 0) is 25.7 Å². The van der Waals surface area contributed by atoms with Crippen molar-refractivity contribution >= 4 is 33.0 Å². The molecule has 1 aliphatic heterocycles. The van der Waals surface area contributed by atoms with Crippen molar-refractivity contribution in [1.29, 1.82) is 0 Å². The fraction of sp³-hybridized carbons (Fsp3) is 0.312. The summed E-state index contributed by atoms with van der Waals surface area (Å²) in [6.45, 7) is 4.02. The Morgan fingerprint density at radius 3 is 2.65 bits per heavy atom. The monoisotopic (exact) mass is 334 g/mol. The molecule has 0 aromatic heterocycles. The second-order valence-electron chi connectivity index (χ2n) is 5.61. The van der Waals surface area contributed by atoms with Crippen LogP contribution in [-0.4, -0.2) is 21.8 Å². The number of fused-ring (bicyclic) bond motifs is 3. The van der Waals surface area contributed by atoms with E-state index < -0.39 is 0 Å². The van der Waals surface area contributed by atoms with Crippen molar-refractivity contribution in [2.75, 3.05) is 0 Å². The van der Waals surface area contributed by atoms with Crippen molar-refractivity contribution in [3.8, 4) is 11.5 Å². The van der Waals surface area contributed by atoms with Crippen molar-refractivity contribution < 1.29 is 14.6 Å². The van der Waals surface area contributed by atoms with Crippen molar-refractivity contribution in [3.05, 3.63) is 35.4 Å². The van der Waals surface area contributed by atoms with E-state index in [1.54, 1.807) is 0 Å². The van der Waals surface area contributed by atoms with E-state index in [0.717, 1.165) is 10.8 Å². The zero-order valence-electron chi connectivity index (χ0n) is 11.3. The Morgan fingerprint density at radius 2 is 2.00 bits per heavy atom. The molecule has 0 saturated heterocycles. The minimum absolute atomic E-state index is 0.0358. The van der Waals surface area contributed by atoms with Gasteiger partial charge < -0.3 is 9.84 Å². The van der Waals surface area contributed by atoms with Crippen LogP contribution in [0, 0.1) is 0 Å². The van der Waals surface area contributed by atoms with Crippen molar-refractivity contribution in [1.82, 2.24) is 0 Å². The molecule has 0 spiro atoms. The van der Waals surface area contributed by atoms with Crippen LogP contribution in [0.2, 0.25) is 0 Å². The van der Waals surface area contributed by atoms with Gasteiger partial charge >= 0.3 is 0 Å². The highest BCUT2D eigenvalue weighted by molar-refractivity contribution is 9.09. The minimum atomic E-state index is -0.370. The molecule has 0 fully saturated rings. The summed E-state index contributed by atoms with van der Waals surface area (Å²) in [7, 11) is 0. The molecule has 4 heteroatoms. The fourth-order valence-electron chi connectivity index (χ4n) is 2.65. The van der Waals surface area contributed by atoms with E-state index in [1.165, 1.54) is 0 Å². The number of alkyl halides is 1. The van der Waals surface area contributed by atoms with E-state index in [1.807, 2.05) is 38.1 Å². The molecule has 0 aliphatic carbocycles. The molecule has 1 heterocycles. The number of aldehydes is 1. The van der Waals surface area contributed by atoms with Gasteiger partial charge in [0.15, 0.2) is 6.29 Å². The fourth-order valence-corrected chi connectivity index (χ4v) is 3.07. The maximum Gasteiger partial charge on any atom is 0.154 e. The van der Waals surface area contributed by atoms with Crippen molar-refractivity contribution in [2.45, 2.75) is 30.7 Å². The topological polar surface area (TPSA) is 46.5 Å². The SMILES string of the molecule is CC1(C)Oc2c(c(O)c(C=O)c3ccccc23)CC1Br. The maximum absolute atomic E-state index is 11.3. The molecule has 3 rings (SSSR count).